The lowest BCUT2D eigenvalue weighted by Crippen LogP contribution is -2.52. The predicted octanol–water partition coefficient (Wildman–Crippen LogP) is 4.41. The molecule has 0 aromatic heterocycles. The number of hydrogen-bond acceptors (Lipinski definition) is 4. The third kappa shape index (κ3) is 7.20. The van der Waals surface area contributed by atoms with E-state index in [0.29, 0.717) is 36.9 Å². The maximum Gasteiger partial charge on any atom is 0.471 e. The Hall–Kier alpha value is -3.18. The second kappa shape index (κ2) is 11.9. The zero-order chi connectivity index (χ0) is 27.3. The number of ketones is 1. The Bertz CT molecular complexity index is 1170. The van der Waals surface area contributed by atoms with E-state index in [1.54, 1.807) is 23.1 Å². The number of nitrogens with zero attached hydrogens (tertiary/aromatic N) is 3. The van der Waals surface area contributed by atoms with Gasteiger partial charge in [0.15, 0.2) is 5.78 Å². The molecule has 0 spiro atoms. The second-order valence-electron chi connectivity index (χ2n) is 8.63. The number of carbonyl (C=O) groups is 3. The van der Waals surface area contributed by atoms with E-state index in [1.165, 1.54) is 22.3 Å². The molecule has 1 saturated heterocycles. The van der Waals surface area contributed by atoms with E-state index < -0.39 is 30.2 Å². The van der Waals surface area contributed by atoms with Crippen molar-refractivity contribution in [3.63, 3.8) is 0 Å². The number of Topliss-reactive ketones (excluding diaryl/α,β-unsaturated/α-hetero) is 1. The Labute approximate surface area is 217 Å². The van der Waals surface area contributed by atoms with Gasteiger partial charge in [-0.3, -0.25) is 14.5 Å². The summed E-state index contributed by atoms with van der Waals surface area (Å²) in [5.41, 5.74) is 1.15. The number of aryl methyl sites for hydroxylation is 1. The van der Waals surface area contributed by atoms with Crippen molar-refractivity contribution in [2.45, 2.75) is 26.6 Å². The fourth-order valence-electron chi connectivity index (χ4n) is 3.83. The normalized spacial score (nSPS) is 14.4. The average molecular weight is 543 g/mol. The Kier molecular flexibility index (Phi) is 9.14. The van der Waals surface area contributed by atoms with Gasteiger partial charge < -0.3 is 15.1 Å². The molecule has 1 N–H and O–H groups in total. The number of anilines is 1. The summed E-state index contributed by atoms with van der Waals surface area (Å²) in [4.78, 5) is 41.9. The van der Waals surface area contributed by atoms with Crippen molar-refractivity contribution >= 4 is 35.0 Å². The summed E-state index contributed by atoms with van der Waals surface area (Å²) in [6, 6.07) is 8.16. The van der Waals surface area contributed by atoms with Crippen molar-refractivity contribution in [3.05, 3.63) is 63.9 Å². The number of alkyl halides is 3. The Morgan fingerprint density at radius 3 is 2.30 bits per heavy atom. The number of amides is 3. The molecule has 1 aliphatic rings. The second-order valence-corrected chi connectivity index (χ2v) is 9.04. The van der Waals surface area contributed by atoms with Gasteiger partial charge in [0.2, 0.25) is 0 Å². The smallest absolute Gasteiger partial charge is 0.341 e. The van der Waals surface area contributed by atoms with Crippen LogP contribution in [0.5, 0.6) is 0 Å². The van der Waals surface area contributed by atoms with Crippen LogP contribution in [-0.4, -0.2) is 73.0 Å². The van der Waals surface area contributed by atoms with Crippen LogP contribution in [0.25, 0.3) is 0 Å². The molecule has 12 heteroatoms. The first-order chi connectivity index (χ1) is 17.4. The van der Waals surface area contributed by atoms with Gasteiger partial charge in [0.1, 0.15) is 5.82 Å². The molecule has 0 aliphatic carbocycles. The van der Waals surface area contributed by atoms with E-state index in [-0.39, 0.29) is 23.7 Å². The van der Waals surface area contributed by atoms with Crippen molar-refractivity contribution in [1.82, 2.24) is 15.1 Å². The SMILES string of the molecule is CCN1CCN(C(=O)N(Cc2ccc(C(=O)CNC(=O)C(F)(F)F)cc2F)c2ccc(C)c(Cl)c2)CC1. The van der Waals surface area contributed by atoms with E-state index in [4.69, 9.17) is 11.6 Å². The lowest BCUT2D eigenvalue weighted by molar-refractivity contribution is -0.173. The lowest BCUT2D eigenvalue weighted by atomic mass is 10.1. The number of piperazine rings is 1. The minimum absolute atomic E-state index is 0.0909. The summed E-state index contributed by atoms with van der Waals surface area (Å²) in [6.45, 7) is 6.04. The van der Waals surface area contributed by atoms with Crippen LogP contribution in [-0.2, 0) is 11.3 Å². The average Bonchev–Trinajstić information content (AvgIpc) is 2.87. The fourth-order valence-corrected chi connectivity index (χ4v) is 4.00. The molecule has 2 aromatic carbocycles. The van der Waals surface area contributed by atoms with Crippen LogP contribution >= 0.6 is 11.6 Å². The molecule has 1 heterocycles. The number of hydrogen-bond donors (Lipinski definition) is 1. The van der Waals surface area contributed by atoms with Crippen LogP contribution in [0.3, 0.4) is 0 Å². The molecule has 7 nitrogen and oxygen atoms in total. The van der Waals surface area contributed by atoms with E-state index >= 15 is 4.39 Å². The first-order valence-electron chi connectivity index (χ1n) is 11.6. The molecular formula is C25H27ClF4N4O3. The molecule has 0 unspecified atom stereocenters. The Balaban J connectivity index is 1.81. The number of halogens is 5. The minimum Gasteiger partial charge on any atom is -0.341 e. The summed E-state index contributed by atoms with van der Waals surface area (Å²) in [7, 11) is 0. The zero-order valence-corrected chi connectivity index (χ0v) is 21.1. The van der Waals surface area contributed by atoms with E-state index in [1.807, 2.05) is 13.8 Å². The van der Waals surface area contributed by atoms with Gasteiger partial charge >= 0.3 is 18.1 Å². The first kappa shape index (κ1) is 28.4. The van der Waals surface area contributed by atoms with Gasteiger partial charge in [0.25, 0.3) is 0 Å². The molecule has 0 atom stereocenters. The van der Waals surface area contributed by atoms with Gasteiger partial charge in [0, 0.05) is 48.0 Å². The molecule has 0 saturated carbocycles. The van der Waals surface area contributed by atoms with E-state index in [0.717, 1.165) is 18.2 Å². The Morgan fingerprint density at radius 1 is 1.05 bits per heavy atom. The maximum atomic E-state index is 15.0. The van der Waals surface area contributed by atoms with Crippen molar-refractivity contribution in [2.24, 2.45) is 0 Å². The van der Waals surface area contributed by atoms with Crippen molar-refractivity contribution < 1.29 is 31.9 Å². The quantitative estimate of drug-likeness (QED) is 0.415. The molecule has 1 fully saturated rings. The van der Waals surface area contributed by atoms with Crippen LogP contribution in [0.1, 0.15) is 28.4 Å². The van der Waals surface area contributed by atoms with Crippen LogP contribution in [0.2, 0.25) is 5.02 Å². The maximum absolute atomic E-state index is 15.0. The zero-order valence-electron chi connectivity index (χ0n) is 20.4. The number of rotatable bonds is 7. The van der Waals surface area contributed by atoms with E-state index in [9.17, 15) is 27.6 Å². The molecular weight excluding hydrogens is 516 g/mol. The van der Waals surface area contributed by atoms with Crippen molar-refractivity contribution in [1.29, 1.82) is 0 Å². The number of urea groups is 1. The molecule has 1 aliphatic heterocycles. The highest BCUT2D eigenvalue weighted by Crippen LogP contribution is 2.27. The molecule has 3 amide bonds. The third-order valence-electron chi connectivity index (χ3n) is 6.16. The van der Waals surface area contributed by atoms with Gasteiger partial charge in [-0.1, -0.05) is 36.7 Å². The number of nitrogens with one attached hydrogen (secondary N) is 1. The summed E-state index contributed by atoms with van der Waals surface area (Å²) >= 11 is 6.29. The van der Waals surface area contributed by atoms with Crippen LogP contribution in [0, 0.1) is 12.7 Å². The minimum atomic E-state index is -5.13. The number of carbonyl (C=O) groups excluding carboxylic acids is 3. The monoisotopic (exact) mass is 542 g/mol. The predicted molar refractivity (Wildman–Crippen MR) is 131 cm³/mol. The largest absolute Gasteiger partial charge is 0.471 e. The summed E-state index contributed by atoms with van der Waals surface area (Å²) in [5, 5.41) is 1.91. The summed E-state index contributed by atoms with van der Waals surface area (Å²) in [5.74, 6) is -3.97. The summed E-state index contributed by atoms with van der Waals surface area (Å²) < 4.78 is 52.0. The van der Waals surface area contributed by atoms with Gasteiger partial charge in [-0.15, -0.1) is 0 Å². The molecule has 37 heavy (non-hydrogen) atoms. The van der Waals surface area contributed by atoms with Gasteiger partial charge in [-0.05, 0) is 37.2 Å². The Morgan fingerprint density at radius 2 is 1.73 bits per heavy atom. The van der Waals surface area contributed by atoms with Crippen LogP contribution in [0.4, 0.5) is 28.0 Å². The topological polar surface area (TPSA) is 73.0 Å². The van der Waals surface area contributed by atoms with Crippen molar-refractivity contribution in [3.8, 4) is 0 Å². The van der Waals surface area contributed by atoms with Gasteiger partial charge in [-0.2, -0.15) is 13.2 Å². The van der Waals surface area contributed by atoms with Crippen LogP contribution < -0.4 is 10.2 Å². The highest BCUT2D eigenvalue weighted by molar-refractivity contribution is 6.31. The lowest BCUT2D eigenvalue weighted by Gasteiger charge is -2.37. The van der Waals surface area contributed by atoms with Gasteiger partial charge in [0.05, 0.1) is 13.1 Å². The molecule has 0 radical (unpaired) electrons. The van der Waals surface area contributed by atoms with Gasteiger partial charge in [-0.25, -0.2) is 9.18 Å². The molecule has 2 aromatic rings. The molecule has 3 rings (SSSR count). The van der Waals surface area contributed by atoms with Crippen molar-refractivity contribution in [2.75, 3.05) is 44.2 Å². The number of benzene rings is 2. The highest BCUT2D eigenvalue weighted by Gasteiger charge is 2.38. The molecule has 200 valence electrons. The fraction of sp³-hybridized carbons (Fsp3) is 0.400. The molecule has 0 bridgehead atoms. The van der Waals surface area contributed by atoms with Crippen LogP contribution in [0.15, 0.2) is 36.4 Å². The highest BCUT2D eigenvalue weighted by atomic mass is 35.5. The third-order valence-corrected chi connectivity index (χ3v) is 6.57. The summed E-state index contributed by atoms with van der Waals surface area (Å²) in [6.07, 6.45) is -5.13. The number of likely N-dealkylation sites (N-methyl/N-ethyl adjacent to an activating group) is 1. The van der Waals surface area contributed by atoms with E-state index in [2.05, 4.69) is 4.90 Å². The standard InChI is InChI=1S/C25H27ClF4N4O3/c1-3-32-8-10-33(11-9-32)24(37)34(19-7-4-16(2)20(26)13-19)15-18-6-5-17(12-21(18)27)22(35)14-31-23(36)25(28,29)30/h4-7,12-13H,3,8-11,14-15H2,1-2H3,(H,31,36). The first-order valence-corrected chi connectivity index (χ1v) is 12.0.